The molecule has 6 heteroatoms. The van der Waals surface area contributed by atoms with Crippen LogP contribution in [0.25, 0.3) is 0 Å². The first-order chi connectivity index (χ1) is 8.07. The van der Waals surface area contributed by atoms with Crippen molar-refractivity contribution in [3.8, 4) is 0 Å². The predicted octanol–water partition coefficient (Wildman–Crippen LogP) is -0.194. The summed E-state index contributed by atoms with van der Waals surface area (Å²) >= 11 is 0. The number of nitrogens with two attached hydrogens (primary N) is 1. The summed E-state index contributed by atoms with van der Waals surface area (Å²) in [6.45, 7) is 2.97. The Kier molecular flexibility index (Phi) is 3.15. The number of nitrogens with zero attached hydrogens (tertiary/aromatic N) is 3. The van der Waals surface area contributed by atoms with Crippen molar-refractivity contribution in [2.24, 2.45) is 24.1 Å². The first kappa shape index (κ1) is 12.0. The standard InChI is InChI=1S/C11H19N5O/c1-8-3-11(4-8,6-12)10(17)13-5-9-15-14-7-16(9)2/h7-8H,3-6,12H2,1-2H3,(H,13,17). The van der Waals surface area contributed by atoms with Gasteiger partial charge < -0.3 is 15.6 Å². The van der Waals surface area contributed by atoms with Gasteiger partial charge in [-0.05, 0) is 18.8 Å². The zero-order valence-electron chi connectivity index (χ0n) is 10.3. The number of amides is 1. The van der Waals surface area contributed by atoms with Crippen molar-refractivity contribution in [2.45, 2.75) is 26.3 Å². The second-order valence-electron chi connectivity index (χ2n) is 5.04. The normalized spacial score (nSPS) is 27.6. The molecule has 0 unspecified atom stereocenters. The molecule has 3 N–H and O–H groups in total. The van der Waals surface area contributed by atoms with Crippen LogP contribution in [0.15, 0.2) is 6.33 Å². The van der Waals surface area contributed by atoms with Crippen LogP contribution < -0.4 is 11.1 Å². The molecular formula is C11H19N5O. The zero-order chi connectivity index (χ0) is 12.5. The van der Waals surface area contributed by atoms with E-state index in [1.165, 1.54) is 0 Å². The van der Waals surface area contributed by atoms with Crippen LogP contribution in [-0.2, 0) is 18.4 Å². The molecule has 6 nitrogen and oxygen atoms in total. The highest BCUT2D eigenvalue weighted by molar-refractivity contribution is 5.83. The molecule has 1 saturated carbocycles. The molecule has 94 valence electrons. The Morgan fingerprint density at radius 2 is 2.41 bits per heavy atom. The molecule has 1 aliphatic rings. The highest BCUT2D eigenvalue weighted by Crippen LogP contribution is 2.44. The Bertz CT molecular complexity index is 408. The lowest BCUT2D eigenvalue weighted by Crippen LogP contribution is -2.53. The fraction of sp³-hybridized carbons (Fsp3) is 0.727. The van der Waals surface area contributed by atoms with Crippen molar-refractivity contribution < 1.29 is 4.79 Å². The summed E-state index contributed by atoms with van der Waals surface area (Å²) in [6, 6.07) is 0. The molecule has 0 atom stereocenters. The molecule has 1 aromatic rings. The molecule has 0 saturated heterocycles. The van der Waals surface area contributed by atoms with Crippen LogP contribution in [0.3, 0.4) is 0 Å². The van der Waals surface area contributed by atoms with Gasteiger partial charge in [-0.1, -0.05) is 6.92 Å². The van der Waals surface area contributed by atoms with Gasteiger partial charge in [0.05, 0.1) is 12.0 Å². The summed E-state index contributed by atoms with van der Waals surface area (Å²) in [7, 11) is 1.85. The fourth-order valence-corrected chi connectivity index (χ4v) is 2.53. The van der Waals surface area contributed by atoms with Gasteiger partial charge in [0, 0.05) is 13.6 Å². The van der Waals surface area contributed by atoms with Gasteiger partial charge in [-0.25, -0.2) is 0 Å². The molecule has 0 radical (unpaired) electrons. The molecule has 0 aliphatic heterocycles. The van der Waals surface area contributed by atoms with E-state index in [2.05, 4.69) is 22.4 Å². The number of carbonyl (C=O) groups excluding carboxylic acids is 1. The maximum Gasteiger partial charge on any atom is 0.227 e. The van der Waals surface area contributed by atoms with Crippen molar-refractivity contribution in [1.82, 2.24) is 20.1 Å². The van der Waals surface area contributed by atoms with E-state index in [0.717, 1.165) is 18.7 Å². The molecule has 1 amide bonds. The highest BCUT2D eigenvalue weighted by Gasteiger charge is 2.46. The summed E-state index contributed by atoms with van der Waals surface area (Å²) in [6.07, 6.45) is 3.38. The number of aryl methyl sites for hydroxylation is 1. The van der Waals surface area contributed by atoms with E-state index < -0.39 is 0 Å². The molecule has 1 fully saturated rings. The Morgan fingerprint density at radius 1 is 1.71 bits per heavy atom. The quantitative estimate of drug-likeness (QED) is 0.759. The van der Waals surface area contributed by atoms with Crippen molar-refractivity contribution in [2.75, 3.05) is 6.54 Å². The molecule has 17 heavy (non-hydrogen) atoms. The number of hydrogen-bond acceptors (Lipinski definition) is 4. The molecule has 2 rings (SSSR count). The molecule has 1 aliphatic carbocycles. The summed E-state index contributed by atoms with van der Waals surface area (Å²) in [5, 5.41) is 10.6. The van der Waals surface area contributed by atoms with E-state index in [9.17, 15) is 4.79 Å². The van der Waals surface area contributed by atoms with Gasteiger partial charge in [0.15, 0.2) is 5.82 Å². The van der Waals surface area contributed by atoms with Crippen molar-refractivity contribution in [1.29, 1.82) is 0 Å². The Balaban J connectivity index is 1.91. The summed E-state index contributed by atoms with van der Waals surface area (Å²) < 4.78 is 1.79. The third-order valence-corrected chi connectivity index (χ3v) is 3.56. The van der Waals surface area contributed by atoms with Crippen LogP contribution in [0.4, 0.5) is 0 Å². The largest absolute Gasteiger partial charge is 0.348 e. The lowest BCUT2D eigenvalue weighted by Gasteiger charge is -2.44. The monoisotopic (exact) mass is 237 g/mol. The number of aromatic nitrogens is 3. The van der Waals surface area contributed by atoms with Gasteiger partial charge in [0.25, 0.3) is 0 Å². The third kappa shape index (κ3) is 2.17. The van der Waals surface area contributed by atoms with Crippen LogP contribution in [0, 0.1) is 11.3 Å². The van der Waals surface area contributed by atoms with Crippen LogP contribution >= 0.6 is 0 Å². The Hall–Kier alpha value is -1.43. The Morgan fingerprint density at radius 3 is 2.88 bits per heavy atom. The topological polar surface area (TPSA) is 85.8 Å². The van der Waals surface area contributed by atoms with Crippen LogP contribution in [-0.4, -0.2) is 27.2 Å². The number of carbonyl (C=O) groups is 1. The maximum absolute atomic E-state index is 12.1. The SMILES string of the molecule is CC1CC(CN)(C(=O)NCc2nncn2C)C1. The summed E-state index contributed by atoms with van der Waals surface area (Å²) in [4.78, 5) is 12.1. The first-order valence-electron chi connectivity index (χ1n) is 5.88. The average Bonchev–Trinajstić information content (AvgIpc) is 2.67. The number of nitrogens with one attached hydrogen (secondary N) is 1. The van der Waals surface area contributed by atoms with E-state index in [1.807, 2.05) is 7.05 Å². The zero-order valence-corrected chi connectivity index (χ0v) is 10.3. The van der Waals surface area contributed by atoms with Gasteiger partial charge in [-0.15, -0.1) is 10.2 Å². The van der Waals surface area contributed by atoms with Gasteiger partial charge in [-0.3, -0.25) is 4.79 Å². The lowest BCUT2D eigenvalue weighted by molar-refractivity contribution is -0.138. The van der Waals surface area contributed by atoms with Gasteiger partial charge in [0.2, 0.25) is 5.91 Å². The molecule has 1 aromatic heterocycles. The molecule has 0 aromatic carbocycles. The minimum Gasteiger partial charge on any atom is -0.348 e. The molecule has 0 bridgehead atoms. The smallest absolute Gasteiger partial charge is 0.227 e. The third-order valence-electron chi connectivity index (χ3n) is 3.56. The van der Waals surface area contributed by atoms with E-state index in [-0.39, 0.29) is 11.3 Å². The number of hydrogen-bond donors (Lipinski definition) is 2. The Labute approximate surface area is 101 Å². The van der Waals surface area contributed by atoms with E-state index in [1.54, 1.807) is 10.9 Å². The second kappa shape index (κ2) is 4.44. The first-order valence-corrected chi connectivity index (χ1v) is 5.88. The van der Waals surface area contributed by atoms with Gasteiger partial charge in [-0.2, -0.15) is 0 Å². The number of rotatable bonds is 4. The molecule has 1 heterocycles. The summed E-state index contributed by atoms with van der Waals surface area (Å²) in [5.74, 6) is 1.39. The van der Waals surface area contributed by atoms with Crippen LogP contribution in [0.5, 0.6) is 0 Å². The molecular weight excluding hydrogens is 218 g/mol. The van der Waals surface area contributed by atoms with E-state index in [4.69, 9.17) is 5.73 Å². The average molecular weight is 237 g/mol. The minimum absolute atomic E-state index is 0.0427. The fourth-order valence-electron chi connectivity index (χ4n) is 2.53. The predicted molar refractivity (Wildman–Crippen MR) is 62.7 cm³/mol. The second-order valence-corrected chi connectivity index (χ2v) is 5.04. The molecule has 0 spiro atoms. The van der Waals surface area contributed by atoms with Crippen molar-refractivity contribution in [3.05, 3.63) is 12.2 Å². The van der Waals surface area contributed by atoms with Crippen molar-refractivity contribution >= 4 is 5.91 Å². The highest BCUT2D eigenvalue weighted by atomic mass is 16.2. The van der Waals surface area contributed by atoms with Gasteiger partial charge in [0.1, 0.15) is 6.33 Å². The summed E-state index contributed by atoms with van der Waals surface area (Å²) in [5.41, 5.74) is 5.37. The van der Waals surface area contributed by atoms with E-state index in [0.29, 0.717) is 19.0 Å². The van der Waals surface area contributed by atoms with E-state index >= 15 is 0 Å². The van der Waals surface area contributed by atoms with Crippen LogP contribution in [0.2, 0.25) is 0 Å². The van der Waals surface area contributed by atoms with Crippen molar-refractivity contribution in [3.63, 3.8) is 0 Å². The minimum atomic E-state index is -0.349. The maximum atomic E-state index is 12.1. The lowest BCUT2D eigenvalue weighted by atomic mass is 9.62. The van der Waals surface area contributed by atoms with Gasteiger partial charge >= 0.3 is 0 Å². The van der Waals surface area contributed by atoms with Crippen LogP contribution in [0.1, 0.15) is 25.6 Å².